The molecule has 3 rings (SSSR count). The van der Waals surface area contributed by atoms with Crippen molar-refractivity contribution in [2.45, 2.75) is 31.8 Å². The molecule has 1 aliphatic rings. The molecule has 1 heterocycles. The molecule has 2 aromatic rings. The smallest absolute Gasteiger partial charge is 0.243 e. The van der Waals surface area contributed by atoms with Gasteiger partial charge in [0.15, 0.2) is 0 Å². The molecular weight excluding hydrogens is 350 g/mol. The molecule has 6 heteroatoms. The second-order valence-electron chi connectivity index (χ2n) is 6.72. The monoisotopic (exact) mass is 375 g/mol. The average molecular weight is 375 g/mol. The lowest BCUT2D eigenvalue weighted by Gasteiger charge is -2.33. The molecule has 1 aliphatic heterocycles. The van der Waals surface area contributed by atoms with Gasteiger partial charge < -0.3 is 9.47 Å². The predicted molar refractivity (Wildman–Crippen MR) is 101 cm³/mol. The number of hydrogen-bond acceptors (Lipinski definition) is 4. The maximum absolute atomic E-state index is 13.2. The minimum atomic E-state index is -3.59. The number of hydrogen-bond donors (Lipinski definition) is 0. The fourth-order valence-electron chi connectivity index (χ4n) is 3.23. The van der Waals surface area contributed by atoms with Gasteiger partial charge in [0.1, 0.15) is 5.75 Å². The molecule has 1 unspecified atom stereocenters. The van der Waals surface area contributed by atoms with Gasteiger partial charge in [0.25, 0.3) is 0 Å². The number of rotatable bonds is 4. The van der Waals surface area contributed by atoms with Crippen molar-refractivity contribution in [2.24, 2.45) is 0 Å². The molecule has 0 radical (unpaired) electrons. The van der Waals surface area contributed by atoms with E-state index in [1.54, 1.807) is 26.2 Å². The Hall–Kier alpha value is -1.89. The first kappa shape index (κ1) is 18.9. The van der Waals surface area contributed by atoms with Gasteiger partial charge in [-0.25, -0.2) is 8.42 Å². The van der Waals surface area contributed by atoms with Crippen LogP contribution in [-0.2, 0) is 14.8 Å². The number of benzene rings is 2. The third-order valence-electron chi connectivity index (χ3n) is 4.79. The van der Waals surface area contributed by atoms with E-state index in [-0.39, 0.29) is 6.10 Å². The molecule has 26 heavy (non-hydrogen) atoms. The van der Waals surface area contributed by atoms with Gasteiger partial charge >= 0.3 is 0 Å². The molecular formula is C20H25NO4S. The van der Waals surface area contributed by atoms with Gasteiger partial charge in [0.05, 0.1) is 24.7 Å². The summed E-state index contributed by atoms with van der Waals surface area (Å²) in [5.41, 5.74) is 3.65. The van der Waals surface area contributed by atoms with Crippen molar-refractivity contribution in [1.82, 2.24) is 4.31 Å². The number of ether oxygens (including phenoxy) is 2. The van der Waals surface area contributed by atoms with E-state index in [0.717, 1.165) is 11.1 Å². The largest absolute Gasteiger partial charge is 0.496 e. The highest BCUT2D eigenvalue weighted by atomic mass is 32.2. The summed E-state index contributed by atoms with van der Waals surface area (Å²) in [4.78, 5) is 0.334. The molecule has 1 atom stereocenters. The van der Waals surface area contributed by atoms with Gasteiger partial charge in [0, 0.05) is 13.1 Å². The lowest BCUT2D eigenvalue weighted by Crippen LogP contribution is -2.42. The zero-order valence-corrected chi connectivity index (χ0v) is 16.5. The minimum Gasteiger partial charge on any atom is -0.496 e. The Morgan fingerprint density at radius 2 is 1.77 bits per heavy atom. The molecule has 2 aromatic carbocycles. The van der Waals surface area contributed by atoms with Crippen LogP contribution in [0.4, 0.5) is 0 Å². The Morgan fingerprint density at radius 3 is 2.42 bits per heavy atom. The Labute approximate surface area is 155 Å². The van der Waals surface area contributed by atoms with E-state index in [4.69, 9.17) is 9.47 Å². The second-order valence-corrected chi connectivity index (χ2v) is 8.63. The van der Waals surface area contributed by atoms with Gasteiger partial charge in [0.2, 0.25) is 10.0 Å². The van der Waals surface area contributed by atoms with Crippen LogP contribution in [-0.4, -0.2) is 39.5 Å². The van der Waals surface area contributed by atoms with E-state index in [1.807, 2.05) is 38.1 Å². The number of aryl methyl sites for hydroxylation is 3. The zero-order chi connectivity index (χ0) is 18.9. The van der Waals surface area contributed by atoms with Crippen LogP contribution in [0.5, 0.6) is 5.75 Å². The fraction of sp³-hybridized carbons (Fsp3) is 0.400. The predicted octanol–water partition coefficient (Wildman–Crippen LogP) is 3.38. The molecule has 0 amide bonds. The van der Waals surface area contributed by atoms with Gasteiger partial charge in [-0.3, -0.25) is 0 Å². The van der Waals surface area contributed by atoms with E-state index in [1.165, 1.54) is 9.87 Å². The second kappa shape index (κ2) is 7.39. The van der Waals surface area contributed by atoms with E-state index in [0.29, 0.717) is 35.9 Å². The zero-order valence-electron chi connectivity index (χ0n) is 15.7. The van der Waals surface area contributed by atoms with Crippen LogP contribution in [0.3, 0.4) is 0 Å². The number of nitrogens with zero attached hydrogens (tertiary/aromatic N) is 1. The summed E-state index contributed by atoms with van der Waals surface area (Å²) in [6.07, 6.45) is -0.251. The summed E-state index contributed by atoms with van der Waals surface area (Å²) >= 11 is 0. The Bertz CT molecular complexity index is 891. The summed E-state index contributed by atoms with van der Waals surface area (Å²) in [7, 11) is -2.00. The first-order valence-electron chi connectivity index (χ1n) is 8.66. The van der Waals surface area contributed by atoms with Crippen LogP contribution in [0.25, 0.3) is 0 Å². The maximum atomic E-state index is 13.2. The SMILES string of the molecule is COc1cc(C)c(S(=O)(=O)N2CCOC(c3ccc(C)cc3)C2)cc1C. The van der Waals surface area contributed by atoms with Crippen LogP contribution in [0, 0.1) is 20.8 Å². The highest BCUT2D eigenvalue weighted by Crippen LogP contribution is 2.31. The quantitative estimate of drug-likeness (QED) is 0.822. The summed E-state index contributed by atoms with van der Waals surface area (Å²) in [6, 6.07) is 11.5. The average Bonchev–Trinajstić information content (AvgIpc) is 2.64. The van der Waals surface area contributed by atoms with Crippen molar-refractivity contribution in [1.29, 1.82) is 0 Å². The number of morpholine rings is 1. The van der Waals surface area contributed by atoms with Crippen molar-refractivity contribution < 1.29 is 17.9 Å². The molecule has 5 nitrogen and oxygen atoms in total. The van der Waals surface area contributed by atoms with Crippen molar-refractivity contribution in [2.75, 3.05) is 26.8 Å². The first-order valence-corrected chi connectivity index (χ1v) is 10.1. The van der Waals surface area contributed by atoms with Crippen LogP contribution >= 0.6 is 0 Å². The van der Waals surface area contributed by atoms with E-state index in [9.17, 15) is 8.42 Å². The Morgan fingerprint density at radius 1 is 1.08 bits per heavy atom. The molecule has 0 spiro atoms. The van der Waals surface area contributed by atoms with Crippen LogP contribution in [0.2, 0.25) is 0 Å². The Balaban J connectivity index is 1.89. The third kappa shape index (κ3) is 3.63. The lowest BCUT2D eigenvalue weighted by molar-refractivity contribution is -0.00257. The van der Waals surface area contributed by atoms with Crippen molar-refractivity contribution in [3.05, 3.63) is 58.7 Å². The van der Waals surface area contributed by atoms with Crippen LogP contribution in [0.15, 0.2) is 41.3 Å². The van der Waals surface area contributed by atoms with E-state index < -0.39 is 10.0 Å². The lowest BCUT2D eigenvalue weighted by atomic mass is 10.1. The van der Waals surface area contributed by atoms with Crippen LogP contribution < -0.4 is 4.74 Å². The molecule has 140 valence electrons. The minimum absolute atomic E-state index is 0.251. The van der Waals surface area contributed by atoms with Crippen LogP contribution in [0.1, 0.15) is 28.4 Å². The highest BCUT2D eigenvalue weighted by Gasteiger charge is 2.32. The van der Waals surface area contributed by atoms with Crippen molar-refractivity contribution in [3.8, 4) is 5.75 Å². The van der Waals surface area contributed by atoms with Gasteiger partial charge in [-0.1, -0.05) is 29.8 Å². The summed E-state index contributed by atoms with van der Waals surface area (Å²) in [5.74, 6) is 0.695. The van der Waals surface area contributed by atoms with E-state index in [2.05, 4.69) is 0 Å². The van der Waals surface area contributed by atoms with Gasteiger partial charge in [-0.05, 0) is 49.6 Å². The standard InChI is InChI=1S/C20H25NO4S/c1-14-5-7-17(8-6-14)19-13-21(9-10-25-19)26(22,23)20-12-15(2)18(24-4)11-16(20)3/h5-8,11-12,19H,9-10,13H2,1-4H3. The van der Waals surface area contributed by atoms with Gasteiger partial charge in [-0.2, -0.15) is 4.31 Å². The number of methoxy groups -OCH3 is 1. The van der Waals surface area contributed by atoms with Gasteiger partial charge in [-0.15, -0.1) is 0 Å². The third-order valence-corrected chi connectivity index (χ3v) is 6.80. The molecule has 0 aromatic heterocycles. The molecule has 0 aliphatic carbocycles. The Kier molecular flexibility index (Phi) is 5.37. The molecule has 0 N–H and O–H groups in total. The summed E-state index contributed by atoms with van der Waals surface area (Å²) < 4.78 is 39.1. The van der Waals surface area contributed by atoms with Crippen molar-refractivity contribution in [3.63, 3.8) is 0 Å². The number of sulfonamides is 1. The first-order chi connectivity index (χ1) is 12.3. The van der Waals surface area contributed by atoms with Crippen molar-refractivity contribution >= 4 is 10.0 Å². The molecule has 0 saturated carbocycles. The maximum Gasteiger partial charge on any atom is 0.243 e. The van der Waals surface area contributed by atoms with E-state index >= 15 is 0 Å². The summed E-state index contributed by atoms with van der Waals surface area (Å²) in [5, 5.41) is 0. The fourth-order valence-corrected chi connectivity index (χ4v) is 4.94. The normalized spacial score (nSPS) is 18.7. The summed E-state index contributed by atoms with van der Waals surface area (Å²) in [6.45, 7) is 6.73. The molecule has 1 saturated heterocycles. The topological polar surface area (TPSA) is 55.8 Å². The molecule has 0 bridgehead atoms. The molecule has 1 fully saturated rings. The highest BCUT2D eigenvalue weighted by molar-refractivity contribution is 7.89.